The number of esters is 1. The Morgan fingerprint density at radius 2 is 1.90 bits per heavy atom. The van der Waals surface area contributed by atoms with E-state index in [2.05, 4.69) is 42.8 Å². The summed E-state index contributed by atoms with van der Waals surface area (Å²) in [6, 6.07) is 8.20. The van der Waals surface area contributed by atoms with Gasteiger partial charge in [0, 0.05) is 16.2 Å². The lowest BCUT2D eigenvalue weighted by Gasteiger charge is -2.23. The number of halogens is 2. The molecule has 1 aromatic heterocycles. The van der Waals surface area contributed by atoms with Crippen LogP contribution in [0, 0.1) is 12.3 Å². The maximum atomic E-state index is 13.9. The van der Waals surface area contributed by atoms with Crippen molar-refractivity contribution < 1.29 is 23.7 Å². The smallest absolute Gasteiger partial charge is 0.337 e. The van der Waals surface area contributed by atoms with Crippen LogP contribution in [0.1, 0.15) is 31.0 Å². The quantitative estimate of drug-likeness (QED) is 0.248. The molecule has 1 aliphatic rings. The molecule has 0 saturated heterocycles. The molecule has 3 aromatic rings. The zero-order chi connectivity index (χ0) is 28.1. The Labute approximate surface area is 245 Å². The molecule has 0 unspecified atom stereocenters. The molecular formula is C28H24Br2N2O6S. The van der Waals surface area contributed by atoms with Crippen LogP contribution in [0.4, 0.5) is 0 Å². The molecule has 0 spiro atoms. The van der Waals surface area contributed by atoms with E-state index >= 15 is 0 Å². The second-order valence-electron chi connectivity index (χ2n) is 8.05. The summed E-state index contributed by atoms with van der Waals surface area (Å²) in [5.74, 6) is 3.44. The first-order valence-electron chi connectivity index (χ1n) is 11.9. The zero-order valence-electron chi connectivity index (χ0n) is 21.3. The van der Waals surface area contributed by atoms with Crippen molar-refractivity contribution in [1.29, 1.82) is 0 Å². The second kappa shape index (κ2) is 12.7. The fourth-order valence-corrected chi connectivity index (χ4v) is 6.42. The lowest BCUT2D eigenvalue weighted by Crippen LogP contribution is -2.39. The number of carbonyl (C=O) groups excluding carboxylic acids is 1. The molecule has 0 bridgehead atoms. The topological polar surface area (TPSA) is 88.3 Å². The summed E-state index contributed by atoms with van der Waals surface area (Å²) in [6.07, 6.45) is 8.55. The zero-order valence-corrected chi connectivity index (χ0v) is 25.3. The first-order valence-corrected chi connectivity index (χ1v) is 14.3. The summed E-state index contributed by atoms with van der Waals surface area (Å²) in [5, 5.41) is 0. The second-order valence-corrected chi connectivity index (χ2v) is 10.8. The molecule has 202 valence electrons. The van der Waals surface area contributed by atoms with Crippen molar-refractivity contribution in [3.05, 3.63) is 81.9 Å². The first-order chi connectivity index (χ1) is 18.8. The predicted molar refractivity (Wildman–Crippen MR) is 156 cm³/mol. The average molecular weight is 676 g/mol. The summed E-state index contributed by atoms with van der Waals surface area (Å²) in [5.41, 5.74) is 1.17. The molecule has 4 rings (SSSR count). The number of carbonyl (C=O) groups is 1. The SMILES string of the molecule is C#CCOc1c(Br)cc(Br)cc1/C=c1/sc2n(c1=O)[C@H](c1ccc(OCC)c(OCC)c1)C(C(=O)OC)=CN=2. The van der Waals surface area contributed by atoms with Crippen LogP contribution in [0.15, 0.2) is 60.8 Å². The number of fused-ring (bicyclic) bond motifs is 1. The lowest BCUT2D eigenvalue weighted by atomic mass is 9.97. The van der Waals surface area contributed by atoms with Gasteiger partial charge in [0.2, 0.25) is 0 Å². The van der Waals surface area contributed by atoms with E-state index < -0.39 is 12.0 Å². The van der Waals surface area contributed by atoms with Crippen molar-refractivity contribution in [3.63, 3.8) is 0 Å². The maximum absolute atomic E-state index is 13.9. The molecule has 2 heterocycles. The number of ether oxygens (including phenoxy) is 4. The monoisotopic (exact) mass is 674 g/mol. The van der Waals surface area contributed by atoms with Gasteiger partial charge < -0.3 is 18.9 Å². The molecule has 39 heavy (non-hydrogen) atoms. The van der Waals surface area contributed by atoms with E-state index in [0.29, 0.717) is 55.4 Å². The van der Waals surface area contributed by atoms with Gasteiger partial charge in [-0.05, 0) is 65.7 Å². The van der Waals surface area contributed by atoms with Gasteiger partial charge in [0.1, 0.15) is 12.4 Å². The normalized spacial score (nSPS) is 14.5. The van der Waals surface area contributed by atoms with Gasteiger partial charge in [-0.15, -0.1) is 6.42 Å². The van der Waals surface area contributed by atoms with Crippen molar-refractivity contribution in [2.45, 2.75) is 19.9 Å². The number of thiazole rings is 1. The van der Waals surface area contributed by atoms with E-state index in [0.717, 1.165) is 4.47 Å². The number of rotatable bonds is 9. The lowest BCUT2D eigenvalue weighted by molar-refractivity contribution is -0.136. The largest absolute Gasteiger partial charge is 0.490 e. The Hall–Kier alpha value is -3.33. The van der Waals surface area contributed by atoms with Crippen LogP contribution in [0.3, 0.4) is 0 Å². The first kappa shape index (κ1) is 28.7. The molecule has 0 saturated carbocycles. The number of terminal acetylenes is 1. The Kier molecular flexibility index (Phi) is 9.32. The number of hydrogen-bond donors (Lipinski definition) is 0. The Balaban J connectivity index is 1.93. The molecule has 0 radical (unpaired) electrons. The predicted octanol–water partition coefficient (Wildman–Crippen LogP) is 4.35. The fourth-order valence-electron chi connectivity index (χ4n) is 4.08. The Bertz CT molecular complexity index is 1670. The van der Waals surface area contributed by atoms with Gasteiger partial charge in [-0.2, -0.15) is 0 Å². The molecule has 0 aliphatic carbocycles. The Morgan fingerprint density at radius 1 is 1.15 bits per heavy atom. The van der Waals surface area contributed by atoms with Gasteiger partial charge in [0.05, 0.1) is 40.9 Å². The summed E-state index contributed by atoms with van der Waals surface area (Å²) in [4.78, 5) is 31.5. The van der Waals surface area contributed by atoms with Gasteiger partial charge >= 0.3 is 5.97 Å². The van der Waals surface area contributed by atoms with Crippen LogP contribution < -0.4 is 29.1 Å². The third-order valence-electron chi connectivity index (χ3n) is 5.63. The minimum absolute atomic E-state index is 0.0602. The summed E-state index contributed by atoms with van der Waals surface area (Å²) < 4.78 is 25.6. The molecule has 1 aliphatic heterocycles. The van der Waals surface area contributed by atoms with Crippen molar-refractivity contribution >= 4 is 55.2 Å². The van der Waals surface area contributed by atoms with Gasteiger partial charge in [-0.25, -0.2) is 9.79 Å². The maximum Gasteiger partial charge on any atom is 0.337 e. The number of nitrogens with zero attached hydrogens (tertiary/aromatic N) is 2. The van der Waals surface area contributed by atoms with E-state index in [9.17, 15) is 9.59 Å². The van der Waals surface area contributed by atoms with E-state index in [1.807, 2.05) is 26.0 Å². The minimum atomic E-state index is -0.794. The van der Waals surface area contributed by atoms with Gasteiger partial charge in [-0.1, -0.05) is 39.3 Å². The third-order valence-corrected chi connectivity index (χ3v) is 7.68. The highest BCUT2D eigenvalue weighted by Gasteiger charge is 2.31. The molecule has 2 aromatic carbocycles. The third kappa shape index (κ3) is 5.98. The number of benzene rings is 2. The summed E-state index contributed by atoms with van der Waals surface area (Å²) >= 11 is 8.18. The van der Waals surface area contributed by atoms with E-state index in [4.69, 9.17) is 25.4 Å². The van der Waals surface area contributed by atoms with Crippen LogP contribution in [0.25, 0.3) is 6.08 Å². The van der Waals surface area contributed by atoms with Crippen LogP contribution in [0.5, 0.6) is 17.2 Å². The highest BCUT2D eigenvalue weighted by molar-refractivity contribution is 9.11. The van der Waals surface area contributed by atoms with Crippen LogP contribution in [-0.4, -0.2) is 37.5 Å². The van der Waals surface area contributed by atoms with Gasteiger partial charge in [0.15, 0.2) is 16.3 Å². The molecule has 0 fully saturated rings. The summed E-state index contributed by atoms with van der Waals surface area (Å²) in [7, 11) is 1.29. The van der Waals surface area contributed by atoms with Crippen molar-refractivity contribution in [2.75, 3.05) is 26.9 Å². The molecule has 1 atom stereocenters. The standard InChI is InChI=1S/C28H24Br2N2O6S/c1-5-10-38-25-17(11-18(29)14-20(25)30)13-23-26(33)32-24(19(27(34)35-4)15-31-28(32)39-23)16-8-9-21(36-6-2)22(12-16)37-7-3/h1,8-9,11-15,24H,6-7,10H2,2-4H3/b23-13+/t24-/m1/s1. The highest BCUT2D eigenvalue weighted by Crippen LogP contribution is 2.36. The van der Waals surface area contributed by atoms with E-state index in [1.165, 1.54) is 29.2 Å². The Morgan fingerprint density at radius 3 is 2.59 bits per heavy atom. The highest BCUT2D eigenvalue weighted by atomic mass is 79.9. The van der Waals surface area contributed by atoms with E-state index in [1.54, 1.807) is 24.3 Å². The molecular weight excluding hydrogens is 652 g/mol. The van der Waals surface area contributed by atoms with Crippen LogP contribution in [0.2, 0.25) is 0 Å². The van der Waals surface area contributed by atoms with Crippen LogP contribution >= 0.6 is 43.2 Å². The van der Waals surface area contributed by atoms with Gasteiger partial charge in [-0.3, -0.25) is 9.36 Å². The summed E-state index contributed by atoms with van der Waals surface area (Å²) in [6.45, 7) is 4.68. The minimum Gasteiger partial charge on any atom is -0.490 e. The van der Waals surface area contributed by atoms with Crippen LogP contribution in [-0.2, 0) is 9.53 Å². The van der Waals surface area contributed by atoms with Crippen molar-refractivity contribution in [3.8, 4) is 29.6 Å². The molecule has 8 nitrogen and oxygen atoms in total. The molecule has 0 amide bonds. The average Bonchev–Trinajstić information content (AvgIpc) is 3.23. The van der Waals surface area contributed by atoms with Gasteiger partial charge in [0.25, 0.3) is 5.56 Å². The van der Waals surface area contributed by atoms with E-state index in [-0.39, 0.29) is 17.7 Å². The number of aromatic nitrogens is 1. The van der Waals surface area contributed by atoms with Crippen molar-refractivity contribution in [1.82, 2.24) is 4.57 Å². The number of methoxy groups -OCH3 is 1. The van der Waals surface area contributed by atoms with Crippen molar-refractivity contribution in [2.24, 2.45) is 4.99 Å². The fraction of sp³-hybridized carbons (Fsp3) is 0.250. The number of hydrogen-bond acceptors (Lipinski definition) is 8. The molecule has 0 N–H and O–H groups in total. The molecule has 11 heteroatoms.